The second kappa shape index (κ2) is 6.66. The smallest absolute Gasteiger partial charge is 0.323 e. The molecule has 8 nitrogen and oxygen atoms in total. The lowest BCUT2D eigenvalue weighted by Gasteiger charge is -2.31. The fourth-order valence-electron chi connectivity index (χ4n) is 5.33. The van der Waals surface area contributed by atoms with Gasteiger partial charge in [0.15, 0.2) is 5.13 Å². The van der Waals surface area contributed by atoms with Crippen molar-refractivity contribution >= 4 is 39.4 Å². The summed E-state index contributed by atoms with van der Waals surface area (Å²) in [4.78, 5) is 34.5. The highest BCUT2D eigenvalue weighted by Crippen LogP contribution is 2.58. The molecule has 2 N–H and O–H groups in total. The Morgan fingerprint density at radius 2 is 2.00 bits per heavy atom. The Morgan fingerprint density at radius 1 is 1.27 bits per heavy atom. The molecule has 3 aromatic rings. The standard InChI is InChI=1S/C21H27N7OS/c1-13-9-23-18(30-13)26-19(29)28-10-20(2)7-14(8-21(20,3)11-28)27(4)17-15-5-6-22-16(15)24-12-25-17/h5-6,9,12,14H,7-8,10-11H2,1-4H3,(H,22,24,25)(H,23,26,29)/t14?,20-,21+. The van der Waals surface area contributed by atoms with Crippen molar-refractivity contribution in [3.63, 3.8) is 0 Å². The van der Waals surface area contributed by atoms with Crippen LogP contribution in [0.5, 0.6) is 0 Å². The first kappa shape index (κ1) is 19.3. The molecule has 1 aliphatic heterocycles. The monoisotopic (exact) mass is 425 g/mol. The molecule has 9 heteroatoms. The number of nitrogens with zero attached hydrogens (tertiary/aromatic N) is 5. The predicted molar refractivity (Wildman–Crippen MR) is 119 cm³/mol. The number of hydrogen-bond acceptors (Lipinski definition) is 6. The SMILES string of the molecule is Cc1cnc(NC(=O)N2C[C@]3(C)CC(N(C)c4ncnc5[nH]ccc45)C[C@]3(C)C2)s1. The number of nitrogens with one attached hydrogen (secondary N) is 2. The van der Waals surface area contributed by atoms with Gasteiger partial charge in [-0.05, 0) is 36.7 Å². The number of thiazole rings is 1. The molecule has 0 aromatic carbocycles. The summed E-state index contributed by atoms with van der Waals surface area (Å²) >= 11 is 1.51. The lowest BCUT2D eigenvalue weighted by Crippen LogP contribution is -2.38. The van der Waals surface area contributed by atoms with Crippen molar-refractivity contribution < 1.29 is 4.79 Å². The van der Waals surface area contributed by atoms with E-state index in [1.807, 2.05) is 24.1 Å². The van der Waals surface area contributed by atoms with E-state index in [0.29, 0.717) is 11.2 Å². The zero-order chi connectivity index (χ0) is 21.1. The maximum absolute atomic E-state index is 12.8. The van der Waals surface area contributed by atoms with Crippen LogP contribution in [0.15, 0.2) is 24.8 Å². The van der Waals surface area contributed by atoms with E-state index in [-0.39, 0.29) is 16.9 Å². The average molecular weight is 426 g/mol. The van der Waals surface area contributed by atoms with Crippen molar-refractivity contribution in [3.8, 4) is 0 Å². The van der Waals surface area contributed by atoms with Gasteiger partial charge in [-0.2, -0.15) is 0 Å². The fraction of sp³-hybridized carbons (Fsp3) is 0.524. The van der Waals surface area contributed by atoms with Crippen LogP contribution in [0, 0.1) is 17.8 Å². The number of aromatic amines is 1. The van der Waals surface area contributed by atoms with Crippen LogP contribution in [-0.2, 0) is 0 Å². The topological polar surface area (TPSA) is 90.0 Å². The highest BCUT2D eigenvalue weighted by atomic mass is 32.1. The van der Waals surface area contributed by atoms with Crippen molar-refractivity contribution in [2.45, 2.75) is 39.7 Å². The summed E-state index contributed by atoms with van der Waals surface area (Å²) in [5.74, 6) is 0.965. The Labute approximate surface area is 179 Å². The highest BCUT2D eigenvalue weighted by Gasteiger charge is 2.59. The minimum atomic E-state index is -0.0454. The molecule has 2 amide bonds. The van der Waals surface area contributed by atoms with Gasteiger partial charge in [0.25, 0.3) is 0 Å². The molecule has 1 saturated heterocycles. The quantitative estimate of drug-likeness (QED) is 0.665. The van der Waals surface area contributed by atoms with Gasteiger partial charge in [-0.15, -0.1) is 11.3 Å². The van der Waals surface area contributed by atoms with Gasteiger partial charge < -0.3 is 14.8 Å². The van der Waals surface area contributed by atoms with E-state index in [1.165, 1.54) is 11.3 Å². The molecule has 0 bridgehead atoms. The number of anilines is 2. The van der Waals surface area contributed by atoms with E-state index < -0.39 is 0 Å². The van der Waals surface area contributed by atoms with Crippen LogP contribution < -0.4 is 10.2 Å². The molecule has 2 aliphatic rings. The summed E-state index contributed by atoms with van der Waals surface area (Å²) in [6.45, 7) is 8.16. The zero-order valence-corrected chi connectivity index (χ0v) is 18.6. The van der Waals surface area contributed by atoms with Gasteiger partial charge in [-0.25, -0.2) is 19.7 Å². The number of hydrogen-bond donors (Lipinski definition) is 2. The highest BCUT2D eigenvalue weighted by molar-refractivity contribution is 7.15. The normalized spacial score (nSPS) is 28.1. The molecule has 5 rings (SSSR count). The Bertz CT molecular complexity index is 1090. The second-order valence-corrected chi connectivity index (χ2v) is 10.5. The summed E-state index contributed by atoms with van der Waals surface area (Å²) in [6, 6.07) is 2.36. The first-order valence-electron chi connectivity index (χ1n) is 10.3. The van der Waals surface area contributed by atoms with Crippen molar-refractivity contribution in [2.75, 3.05) is 30.4 Å². The molecule has 1 saturated carbocycles. The van der Waals surface area contributed by atoms with Crippen molar-refractivity contribution in [1.29, 1.82) is 0 Å². The molecule has 30 heavy (non-hydrogen) atoms. The number of aryl methyl sites for hydroxylation is 1. The molecule has 0 radical (unpaired) electrons. The summed E-state index contributed by atoms with van der Waals surface area (Å²) in [5.41, 5.74) is 0.987. The number of H-pyrrole nitrogens is 1. The molecule has 4 heterocycles. The van der Waals surface area contributed by atoms with Gasteiger partial charge in [0, 0.05) is 43.4 Å². The number of urea groups is 1. The van der Waals surface area contributed by atoms with Gasteiger partial charge in [-0.3, -0.25) is 5.32 Å². The maximum atomic E-state index is 12.8. The van der Waals surface area contributed by atoms with Gasteiger partial charge >= 0.3 is 6.03 Å². The van der Waals surface area contributed by atoms with Crippen molar-refractivity contribution in [3.05, 3.63) is 29.7 Å². The first-order valence-corrected chi connectivity index (χ1v) is 11.1. The average Bonchev–Trinajstić information content (AvgIpc) is 3.42. The Balaban J connectivity index is 1.32. The van der Waals surface area contributed by atoms with Crippen LogP contribution in [0.2, 0.25) is 0 Å². The lowest BCUT2D eigenvalue weighted by molar-refractivity contribution is 0.184. The van der Waals surface area contributed by atoms with E-state index in [1.54, 1.807) is 12.5 Å². The van der Waals surface area contributed by atoms with Gasteiger partial charge in [0.1, 0.15) is 17.8 Å². The minimum Gasteiger partial charge on any atom is -0.356 e. The number of likely N-dealkylation sites (tertiary alicyclic amines) is 1. The zero-order valence-electron chi connectivity index (χ0n) is 17.8. The molecule has 1 unspecified atom stereocenters. The minimum absolute atomic E-state index is 0.0454. The second-order valence-electron chi connectivity index (χ2n) is 9.29. The van der Waals surface area contributed by atoms with E-state index in [4.69, 9.17) is 0 Å². The summed E-state index contributed by atoms with van der Waals surface area (Å²) < 4.78 is 0. The van der Waals surface area contributed by atoms with Crippen LogP contribution in [-0.4, -0.2) is 57.0 Å². The third kappa shape index (κ3) is 2.94. The lowest BCUT2D eigenvalue weighted by atomic mass is 9.71. The van der Waals surface area contributed by atoms with E-state index in [0.717, 1.165) is 47.7 Å². The molecular formula is C21H27N7OS. The third-order valence-corrected chi connectivity index (χ3v) is 8.07. The predicted octanol–water partition coefficient (Wildman–Crippen LogP) is 3.88. The number of aromatic nitrogens is 4. The third-order valence-electron chi connectivity index (χ3n) is 7.25. The van der Waals surface area contributed by atoms with Gasteiger partial charge in [-0.1, -0.05) is 13.8 Å². The van der Waals surface area contributed by atoms with Gasteiger partial charge in [0.2, 0.25) is 0 Å². The Morgan fingerprint density at radius 3 is 2.67 bits per heavy atom. The molecule has 1 aliphatic carbocycles. The van der Waals surface area contributed by atoms with E-state index in [2.05, 4.69) is 51.0 Å². The molecular weight excluding hydrogens is 398 g/mol. The van der Waals surface area contributed by atoms with E-state index >= 15 is 0 Å². The van der Waals surface area contributed by atoms with Crippen LogP contribution in [0.1, 0.15) is 31.6 Å². The largest absolute Gasteiger partial charge is 0.356 e. The van der Waals surface area contributed by atoms with Crippen LogP contribution in [0.3, 0.4) is 0 Å². The van der Waals surface area contributed by atoms with Crippen LogP contribution in [0.25, 0.3) is 11.0 Å². The number of fused-ring (bicyclic) bond motifs is 2. The molecule has 3 aromatic heterocycles. The number of carbonyl (C=O) groups is 1. The molecule has 2 fully saturated rings. The van der Waals surface area contributed by atoms with Gasteiger partial charge in [0.05, 0.1) is 5.39 Å². The number of carbonyl (C=O) groups excluding carboxylic acids is 1. The van der Waals surface area contributed by atoms with Crippen LogP contribution in [0.4, 0.5) is 15.7 Å². The molecule has 0 spiro atoms. The first-order chi connectivity index (χ1) is 14.3. The van der Waals surface area contributed by atoms with Crippen LogP contribution >= 0.6 is 11.3 Å². The summed E-state index contributed by atoms with van der Waals surface area (Å²) in [6.07, 6.45) is 7.36. The Hall–Kier alpha value is -2.68. The molecule has 3 atom stereocenters. The molecule has 158 valence electrons. The maximum Gasteiger partial charge on any atom is 0.323 e. The number of amides is 2. The number of rotatable bonds is 3. The summed E-state index contributed by atoms with van der Waals surface area (Å²) in [5, 5.41) is 4.69. The Kier molecular flexibility index (Phi) is 4.29. The van der Waals surface area contributed by atoms with Crippen molar-refractivity contribution in [1.82, 2.24) is 24.8 Å². The van der Waals surface area contributed by atoms with Crippen molar-refractivity contribution in [2.24, 2.45) is 10.8 Å². The summed E-state index contributed by atoms with van der Waals surface area (Å²) in [7, 11) is 2.13. The van der Waals surface area contributed by atoms with E-state index in [9.17, 15) is 4.79 Å². The fourth-order valence-corrected chi connectivity index (χ4v) is 5.98.